The summed E-state index contributed by atoms with van der Waals surface area (Å²) < 4.78 is 28.1. The van der Waals surface area contributed by atoms with Crippen LogP contribution < -0.4 is 4.74 Å². The third-order valence-corrected chi connectivity index (χ3v) is 7.37. The molecule has 4 aromatic rings. The molecule has 11 nitrogen and oxygen atoms in total. The maximum Gasteiger partial charge on any atom is 0.147 e. The summed E-state index contributed by atoms with van der Waals surface area (Å²) in [7, 11) is 0. The van der Waals surface area contributed by atoms with Crippen molar-refractivity contribution in [3.63, 3.8) is 0 Å². The number of fused-ring (bicyclic) bond motifs is 1. The molecule has 12 heteroatoms. The summed E-state index contributed by atoms with van der Waals surface area (Å²) in [6, 6.07) is 7.35. The van der Waals surface area contributed by atoms with Gasteiger partial charge in [0.2, 0.25) is 0 Å². The molecule has 6 rings (SSSR count). The van der Waals surface area contributed by atoms with E-state index in [2.05, 4.69) is 31.4 Å². The number of aromatic nitrogens is 6. The van der Waals surface area contributed by atoms with Gasteiger partial charge in [-0.15, -0.1) is 5.10 Å². The lowest BCUT2D eigenvalue weighted by molar-refractivity contribution is -0.0735. The van der Waals surface area contributed by atoms with Crippen molar-refractivity contribution in [1.29, 1.82) is 5.26 Å². The van der Waals surface area contributed by atoms with Crippen molar-refractivity contribution in [3.05, 3.63) is 59.6 Å². The van der Waals surface area contributed by atoms with E-state index in [1.54, 1.807) is 16.8 Å². The van der Waals surface area contributed by atoms with Crippen molar-refractivity contribution in [2.75, 3.05) is 32.9 Å². The minimum Gasteiger partial charge on any atom is -0.488 e. The minimum atomic E-state index is -1.09. The summed E-state index contributed by atoms with van der Waals surface area (Å²) >= 11 is 0. The van der Waals surface area contributed by atoms with Gasteiger partial charge in [0.1, 0.15) is 47.1 Å². The highest BCUT2D eigenvalue weighted by Gasteiger charge is 2.31. The normalized spacial score (nSPS) is 17.8. The van der Waals surface area contributed by atoms with E-state index in [0.717, 1.165) is 56.6 Å². The van der Waals surface area contributed by atoms with E-state index in [1.807, 2.05) is 11.6 Å². The van der Waals surface area contributed by atoms with Gasteiger partial charge in [0.05, 0.1) is 49.1 Å². The number of hydrogen-bond acceptors (Lipinski definition) is 9. The molecule has 0 spiro atoms. The molecule has 0 amide bonds. The fourth-order valence-corrected chi connectivity index (χ4v) is 5.13. The molecule has 2 fully saturated rings. The van der Waals surface area contributed by atoms with Crippen LogP contribution in [0.4, 0.5) is 4.39 Å². The molecule has 1 atom stereocenters. The van der Waals surface area contributed by atoms with Crippen molar-refractivity contribution < 1.29 is 19.0 Å². The van der Waals surface area contributed by atoms with Gasteiger partial charge in [0.25, 0.3) is 0 Å². The standard InChI is InChI=1S/C26H27FN8O3/c1-16-25(31-32-35(16)20-4-6-33(7-5-20)21-13-37-14-21)17-8-24(26-18(9-28)10-30-34(26)12-17)38-15-23(36)22-3-2-19(27)11-29-22/h2-3,8,10-12,20-21,23,36H,4-7,13-15H2,1H3/t23-/m1/s1. The Morgan fingerprint density at radius 3 is 2.74 bits per heavy atom. The number of halogens is 1. The van der Waals surface area contributed by atoms with E-state index in [4.69, 9.17) is 9.47 Å². The predicted octanol–water partition coefficient (Wildman–Crippen LogP) is 2.46. The topological polar surface area (TPSA) is 127 Å². The largest absolute Gasteiger partial charge is 0.488 e. The second-order valence-electron chi connectivity index (χ2n) is 9.71. The summed E-state index contributed by atoms with van der Waals surface area (Å²) in [5.74, 6) is -0.126. The second-order valence-corrected chi connectivity index (χ2v) is 9.71. The van der Waals surface area contributed by atoms with Crippen molar-refractivity contribution in [2.45, 2.75) is 38.0 Å². The lowest BCUT2D eigenvalue weighted by Gasteiger charge is -2.41. The van der Waals surface area contributed by atoms with Crippen molar-refractivity contribution in [3.8, 4) is 23.1 Å². The van der Waals surface area contributed by atoms with Gasteiger partial charge in [-0.25, -0.2) is 13.6 Å². The van der Waals surface area contributed by atoms with Gasteiger partial charge >= 0.3 is 0 Å². The Kier molecular flexibility index (Phi) is 6.49. The molecule has 2 aliphatic rings. The lowest BCUT2D eigenvalue weighted by Crippen LogP contribution is -2.52. The van der Waals surface area contributed by atoms with E-state index in [0.29, 0.717) is 28.6 Å². The molecule has 0 bridgehead atoms. The summed E-state index contributed by atoms with van der Waals surface area (Å²) in [5, 5.41) is 33.4. The molecule has 0 radical (unpaired) electrons. The van der Waals surface area contributed by atoms with Gasteiger partial charge < -0.3 is 14.6 Å². The van der Waals surface area contributed by atoms with Crippen LogP contribution in [0.1, 0.15) is 41.9 Å². The van der Waals surface area contributed by atoms with Crippen LogP contribution >= 0.6 is 0 Å². The Labute approximate surface area is 218 Å². The first-order chi connectivity index (χ1) is 18.5. The fraction of sp³-hybridized carbons (Fsp3) is 0.423. The third kappa shape index (κ3) is 4.49. The highest BCUT2D eigenvalue weighted by molar-refractivity contribution is 5.74. The van der Waals surface area contributed by atoms with Crippen LogP contribution in [0.25, 0.3) is 16.8 Å². The molecule has 0 unspecified atom stereocenters. The number of aliphatic hydroxyl groups excluding tert-OH is 1. The SMILES string of the molecule is Cc1c(-c2cc(OC[C@@H](O)c3ccc(F)cn3)c3c(C#N)cnn3c2)nnn1C1CCN(C2COC2)CC1. The molecule has 196 valence electrons. The smallest absolute Gasteiger partial charge is 0.147 e. The highest BCUT2D eigenvalue weighted by Crippen LogP contribution is 2.33. The number of aliphatic hydroxyl groups is 1. The van der Waals surface area contributed by atoms with E-state index in [1.165, 1.54) is 18.3 Å². The molecule has 1 N–H and O–H groups in total. The Bertz CT molecular complexity index is 1480. The van der Waals surface area contributed by atoms with Crippen LogP contribution in [-0.2, 0) is 4.74 Å². The molecule has 2 saturated heterocycles. The average molecular weight is 519 g/mol. The molecule has 0 saturated carbocycles. The average Bonchev–Trinajstić information content (AvgIpc) is 3.50. The lowest BCUT2D eigenvalue weighted by atomic mass is 10.0. The Hall–Kier alpha value is -3.92. The number of piperidine rings is 1. The third-order valence-electron chi connectivity index (χ3n) is 7.37. The zero-order chi connectivity index (χ0) is 26.2. The van der Waals surface area contributed by atoms with Crippen LogP contribution in [0.5, 0.6) is 5.75 Å². The quantitative estimate of drug-likeness (QED) is 0.392. The number of pyridine rings is 2. The number of likely N-dealkylation sites (tertiary alicyclic amines) is 1. The monoisotopic (exact) mass is 518 g/mol. The van der Waals surface area contributed by atoms with Crippen molar-refractivity contribution >= 4 is 5.52 Å². The highest BCUT2D eigenvalue weighted by atomic mass is 19.1. The number of rotatable bonds is 7. The second kappa shape index (κ2) is 10.1. The molecular weight excluding hydrogens is 491 g/mol. The minimum absolute atomic E-state index is 0.149. The summed E-state index contributed by atoms with van der Waals surface area (Å²) in [4.78, 5) is 6.41. The molecule has 0 aromatic carbocycles. The maximum atomic E-state index is 13.2. The van der Waals surface area contributed by atoms with E-state index in [9.17, 15) is 14.8 Å². The van der Waals surface area contributed by atoms with Crippen molar-refractivity contribution in [2.24, 2.45) is 0 Å². The van der Waals surface area contributed by atoms with Crippen LogP contribution in [0.2, 0.25) is 0 Å². The molecule has 4 aromatic heterocycles. The van der Waals surface area contributed by atoms with E-state index in [-0.39, 0.29) is 18.3 Å². The van der Waals surface area contributed by atoms with Gasteiger partial charge in [0, 0.05) is 24.8 Å². The van der Waals surface area contributed by atoms with Gasteiger partial charge in [-0.2, -0.15) is 10.4 Å². The number of hydrogen-bond donors (Lipinski definition) is 1. The maximum absolute atomic E-state index is 13.2. The Morgan fingerprint density at radius 2 is 2.05 bits per heavy atom. The van der Waals surface area contributed by atoms with E-state index < -0.39 is 11.9 Å². The van der Waals surface area contributed by atoms with Gasteiger partial charge in [0.15, 0.2) is 0 Å². The summed E-state index contributed by atoms with van der Waals surface area (Å²) in [6.07, 6.45) is 5.20. The van der Waals surface area contributed by atoms with Crippen LogP contribution in [-0.4, -0.2) is 78.6 Å². The zero-order valence-corrected chi connectivity index (χ0v) is 20.9. The predicted molar refractivity (Wildman–Crippen MR) is 133 cm³/mol. The Balaban J connectivity index is 1.26. The van der Waals surface area contributed by atoms with Crippen LogP contribution in [0.3, 0.4) is 0 Å². The first-order valence-corrected chi connectivity index (χ1v) is 12.6. The van der Waals surface area contributed by atoms with Crippen molar-refractivity contribution in [1.82, 2.24) is 34.5 Å². The Morgan fingerprint density at radius 1 is 1.24 bits per heavy atom. The number of ether oxygens (including phenoxy) is 2. The molecule has 2 aliphatic heterocycles. The fourth-order valence-electron chi connectivity index (χ4n) is 5.13. The summed E-state index contributed by atoms with van der Waals surface area (Å²) in [5.41, 5.74) is 3.45. The number of nitriles is 1. The van der Waals surface area contributed by atoms with Gasteiger partial charge in [-0.1, -0.05) is 5.21 Å². The van der Waals surface area contributed by atoms with Crippen LogP contribution in [0.15, 0.2) is 36.8 Å². The van der Waals surface area contributed by atoms with Crippen LogP contribution in [0, 0.1) is 24.1 Å². The molecular formula is C26H27FN8O3. The first-order valence-electron chi connectivity index (χ1n) is 12.6. The van der Waals surface area contributed by atoms with Gasteiger partial charge in [-0.3, -0.25) is 9.88 Å². The van der Waals surface area contributed by atoms with Gasteiger partial charge in [-0.05, 0) is 38.0 Å². The first kappa shape index (κ1) is 24.4. The summed E-state index contributed by atoms with van der Waals surface area (Å²) in [6.45, 7) is 5.51. The molecule has 38 heavy (non-hydrogen) atoms. The van der Waals surface area contributed by atoms with E-state index >= 15 is 0 Å². The number of nitrogens with zero attached hydrogens (tertiary/aromatic N) is 8. The molecule has 0 aliphatic carbocycles. The zero-order valence-electron chi connectivity index (χ0n) is 20.9. The molecule has 6 heterocycles.